The van der Waals surface area contributed by atoms with Gasteiger partial charge in [-0.3, -0.25) is 14.4 Å². The molecule has 9 fully saturated rings. The van der Waals surface area contributed by atoms with Crippen LogP contribution in [0.25, 0.3) is 0 Å². The summed E-state index contributed by atoms with van der Waals surface area (Å²) in [7, 11) is 0. The van der Waals surface area contributed by atoms with Gasteiger partial charge in [-0.1, -0.05) is 13.8 Å². The number of esters is 3. The number of hydrogen-bond acceptors (Lipinski definition) is 9. The molecule has 0 radical (unpaired) electrons. The van der Waals surface area contributed by atoms with Gasteiger partial charge in [0.2, 0.25) is 6.29 Å². The van der Waals surface area contributed by atoms with E-state index in [1.165, 1.54) is 0 Å². The first-order valence-corrected chi connectivity index (χ1v) is 17.1. The maximum absolute atomic E-state index is 13.7. The lowest BCUT2D eigenvalue weighted by Crippen LogP contribution is -2.66. The number of carbonyl (C=O) groups is 3. The highest BCUT2D eigenvalue weighted by molar-refractivity contribution is 5.79. The first kappa shape index (κ1) is 30.0. The Morgan fingerprint density at radius 2 is 1.49 bits per heavy atom. The molecule has 9 aliphatic rings. The fraction of sp³-hybridized carbons (Fsp3) is 0.912. The number of aliphatic hydroxyl groups is 2. The van der Waals surface area contributed by atoms with Crippen molar-refractivity contribution in [2.24, 2.45) is 35.0 Å². The second-order valence-corrected chi connectivity index (χ2v) is 16.4. The SMILES string of the molecule is CCC(CC(C)C(=O)OC12CC3CC(CC(O)(C3)C1)C2)C(=O)OC12CC3CC(O)(C1)CC(C(=O)OC1CCCCO1)(C3)C2. The minimum absolute atomic E-state index is 0.0814. The van der Waals surface area contributed by atoms with Gasteiger partial charge in [0.25, 0.3) is 0 Å². The van der Waals surface area contributed by atoms with Crippen LogP contribution in [0.2, 0.25) is 0 Å². The Morgan fingerprint density at radius 3 is 2.14 bits per heavy atom. The summed E-state index contributed by atoms with van der Waals surface area (Å²) in [6.07, 6.45) is 10.7. The van der Waals surface area contributed by atoms with E-state index < -0.39 is 45.9 Å². The van der Waals surface area contributed by atoms with Crippen molar-refractivity contribution < 1.29 is 43.5 Å². The van der Waals surface area contributed by atoms with E-state index in [0.29, 0.717) is 82.7 Å². The van der Waals surface area contributed by atoms with Crippen molar-refractivity contribution in [3.63, 3.8) is 0 Å². The first-order valence-electron chi connectivity index (χ1n) is 17.1. The van der Waals surface area contributed by atoms with Gasteiger partial charge in [0.15, 0.2) is 0 Å². The average Bonchev–Trinajstić information content (AvgIpc) is 2.88. The monoisotopic (exact) mass is 602 g/mol. The standard InChI is InChI=1S/C34H50O9/c1-3-25(8-21(2)27(35)42-33-14-22-9-23(15-33)12-31(38,11-22)19-33)28(36)43-34-16-24-10-30(18-34,17-32(39,13-24)20-34)29(37)41-26-6-4-5-7-40-26/h21-26,38-39H,3-20H2,1-2H3. The fourth-order valence-corrected chi connectivity index (χ4v) is 11.5. The summed E-state index contributed by atoms with van der Waals surface area (Å²) in [4.78, 5) is 40.7. The molecule has 0 amide bonds. The van der Waals surface area contributed by atoms with Crippen LogP contribution in [0.15, 0.2) is 0 Å². The van der Waals surface area contributed by atoms with Crippen molar-refractivity contribution in [2.45, 2.75) is 152 Å². The number of ether oxygens (including phenoxy) is 4. The highest BCUT2D eigenvalue weighted by atomic mass is 16.7. The van der Waals surface area contributed by atoms with Crippen LogP contribution in [-0.4, -0.2) is 63.4 Å². The molecule has 0 spiro atoms. The van der Waals surface area contributed by atoms with E-state index in [0.717, 1.165) is 44.9 Å². The van der Waals surface area contributed by atoms with Gasteiger partial charge in [-0.15, -0.1) is 0 Å². The third-order valence-corrected chi connectivity index (χ3v) is 12.3. The highest BCUT2D eigenvalue weighted by Crippen LogP contribution is 2.65. The summed E-state index contributed by atoms with van der Waals surface area (Å²) in [5.74, 6) is -1.07. The van der Waals surface area contributed by atoms with Gasteiger partial charge in [-0.25, -0.2) is 0 Å². The highest BCUT2D eigenvalue weighted by Gasteiger charge is 2.68. The molecule has 1 heterocycles. The summed E-state index contributed by atoms with van der Waals surface area (Å²) >= 11 is 0. The van der Waals surface area contributed by atoms with Gasteiger partial charge in [-0.05, 0) is 101 Å². The van der Waals surface area contributed by atoms with E-state index in [2.05, 4.69) is 0 Å². The lowest BCUT2D eigenvalue weighted by atomic mass is 9.46. The molecule has 43 heavy (non-hydrogen) atoms. The molecule has 2 N–H and O–H groups in total. The van der Waals surface area contributed by atoms with Crippen LogP contribution in [0.1, 0.15) is 123 Å². The summed E-state index contributed by atoms with van der Waals surface area (Å²) in [6, 6.07) is 0. The first-order chi connectivity index (χ1) is 20.3. The zero-order valence-electron chi connectivity index (χ0n) is 25.9. The molecule has 8 aliphatic carbocycles. The largest absolute Gasteiger partial charge is 0.459 e. The predicted octanol–water partition coefficient (Wildman–Crippen LogP) is 4.73. The minimum atomic E-state index is -1.06. The second-order valence-electron chi connectivity index (χ2n) is 16.4. The van der Waals surface area contributed by atoms with Crippen LogP contribution < -0.4 is 0 Å². The molecule has 0 aromatic rings. The molecule has 8 saturated carbocycles. The van der Waals surface area contributed by atoms with E-state index in [4.69, 9.17) is 18.9 Å². The van der Waals surface area contributed by atoms with Gasteiger partial charge in [0.1, 0.15) is 11.2 Å². The molecule has 1 aliphatic heterocycles. The van der Waals surface area contributed by atoms with Crippen molar-refractivity contribution in [1.29, 1.82) is 0 Å². The predicted molar refractivity (Wildman–Crippen MR) is 153 cm³/mol. The Morgan fingerprint density at radius 1 is 0.814 bits per heavy atom. The quantitative estimate of drug-likeness (QED) is 0.284. The molecule has 1 saturated heterocycles. The number of rotatable bonds is 9. The Bertz CT molecular complexity index is 1130. The van der Waals surface area contributed by atoms with E-state index in [1.807, 2.05) is 13.8 Å². The third kappa shape index (κ3) is 5.54. The maximum atomic E-state index is 13.7. The molecule has 240 valence electrons. The molecule has 8 bridgehead atoms. The second kappa shape index (κ2) is 10.4. The lowest BCUT2D eigenvalue weighted by molar-refractivity contribution is -0.257. The van der Waals surface area contributed by atoms with Gasteiger partial charge in [0, 0.05) is 25.7 Å². The maximum Gasteiger partial charge on any atom is 0.314 e. The number of hydrogen-bond donors (Lipinski definition) is 2. The van der Waals surface area contributed by atoms with Crippen molar-refractivity contribution >= 4 is 17.9 Å². The van der Waals surface area contributed by atoms with Crippen LogP contribution >= 0.6 is 0 Å². The molecule has 0 aromatic carbocycles. The Labute approximate surface area is 254 Å². The molecule has 9 rings (SSSR count). The molecule has 0 aromatic heterocycles. The van der Waals surface area contributed by atoms with Gasteiger partial charge < -0.3 is 29.2 Å². The fourth-order valence-electron chi connectivity index (χ4n) is 11.5. The van der Waals surface area contributed by atoms with Gasteiger partial charge in [0.05, 0.1) is 35.1 Å². The van der Waals surface area contributed by atoms with Crippen LogP contribution in [0.3, 0.4) is 0 Å². The third-order valence-electron chi connectivity index (χ3n) is 12.3. The Hall–Kier alpha value is -1.71. The molecule has 9 heteroatoms. The summed E-state index contributed by atoms with van der Waals surface area (Å²) in [5, 5.41) is 22.6. The zero-order chi connectivity index (χ0) is 30.3. The molecule has 9 unspecified atom stereocenters. The van der Waals surface area contributed by atoms with Crippen molar-refractivity contribution in [1.82, 2.24) is 0 Å². The number of carbonyl (C=O) groups excluding carboxylic acids is 3. The van der Waals surface area contributed by atoms with Crippen LogP contribution in [0.4, 0.5) is 0 Å². The van der Waals surface area contributed by atoms with Gasteiger partial charge in [-0.2, -0.15) is 0 Å². The van der Waals surface area contributed by atoms with E-state index in [-0.39, 0.29) is 23.8 Å². The van der Waals surface area contributed by atoms with E-state index >= 15 is 0 Å². The Balaban J connectivity index is 1.00. The normalized spacial score (nSPS) is 47.2. The zero-order valence-corrected chi connectivity index (χ0v) is 25.9. The van der Waals surface area contributed by atoms with Crippen molar-refractivity contribution in [3.8, 4) is 0 Å². The van der Waals surface area contributed by atoms with Crippen molar-refractivity contribution in [3.05, 3.63) is 0 Å². The molecular formula is C34H50O9. The summed E-state index contributed by atoms with van der Waals surface area (Å²) < 4.78 is 24.1. The molecule has 9 atom stereocenters. The lowest BCUT2D eigenvalue weighted by Gasteiger charge is -2.62. The topological polar surface area (TPSA) is 129 Å². The van der Waals surface area contributed by atoms with E-state index in [9.17, 15) is 24.6 Å². The van der Waals surface area contributed by atoms with Crippen LogP contribution in [0.5, 0.6) is 0 Å². The Kier molecular flexibility index (Phi) is 7.26. The molecule has 9 nitrogen and oxygen atoms in total. The minimum Gasteiger partial charge on any atom is -0.459 e. The summed E-state index contributed by atoms with van der Waals surface area (Å²) in [6.45, 7) is 4.32. The van der Waals surface area contributed by atoms with E-state index in [1.54, 1.807) is 0 Å². The van der Waals surface area contributed by atoms with Crippen molar-refractivity contribution in [2.75, 3.05) is 6.61 Å². The smallest absolute Gasteiger partial charge is 0.314 e. The average molecular weight is 603 g/mol. The van der Waals surface area contributed by atoms with Crippen LogP contribution in [-0.2, 0) is 33.3 Å². The summed E-state index contributed by atoms with van der Waals surface area (Å²) in [5.41, 5.74) is -4.14. The van der Waals surface area contributed by atoms with Gasteiger partial charge >= 0.3 is 17.9 Å². The molecular weight excluding hydrogens is 552 g/mol. The van der Waals surface area contributed by atoms with Crippen LogP contribution in [0, 0.1) is 35.0 Å².